The first-order valence-corrected chi connectivity index (χ1v) is 13.3. The second kappa shape index (κ2) is 10.9. The topological polar surface area (TPSA) is 120 Å². The maximum Gasteiger partial charge on any atom is 0.345 e. The number of methoxy groups -OCH3 is 4. The molecule has 0 spiro atoms. The Balaban J connectivity index is 0.000000158. The van der Waals surface area contributed by atoms with E-state index >= 15 is 0 Å². The van der Waals surface area contributed by atoms with Gasteiger partial charge in [-0.25, -0.2) is 4.79 Å². The zero-order valence-electron chi connectivity index (χ0n) is 21.5. The van der Waals surface area contributed by atoms with E-state index in [1.807, 2.05) is 18.2 Å². The van der Waals surface area contributed by atoms with Gasteiger partial charge in [-0.3, -0.25) is 9.97 Å². The average Bonchev–Trinajstić information content (AvgIpc) is 3.60. The molecule has 2 aromatic carbocycles. The summed E-state index contributed by atoms with van der Waals surface area (Å²) in [4.78, 5) is 20.6. The van der Waals surface area contributed by atoms with Crippen molar-refractivity contribution >= 4 is 70.4 Å². The van der Waals surface area contributed by atoms with Crippen LogP contribution in [0.2, 0.25) is 0 Å². The van der Waals surface area contributed by atoms with Gasteiger partial charge in [0.15, 0.2) is 0 Å². The quantitative estimate of drug-likeness (QED) is 0.246. The number of benzene rings is 2. The van der Waals surface area contributed by atoms with Crippen LogP contribution in [0.1, 0.15) is 14.5 Å². The molecule has 6 rings (SSSR count). The van der Waals surface area contributed by atoms with Crippen LogP contribution in [0.3, 0.4) is 0 Å². The third-order valence-corrected chi connectivity index (χ3v) is 8.46. The Kier molecular flexibility index (Phi) is 7.38. The molecule has 0 aliphatic rings. The van der Waals surface area contributed by atoms with Gasteiger partial charge in [0.1, 0.15) is 27.9 Å². The number of pyridine rings is 2. The number of carboxylic acid groups (broad SMARTS) is 1. The molecule has 0 atom stereocenters. The molecule has 0 aliphatic carbocycles. The van der Waals surface area contributed by atoms with E-state index in [1.54, 1.807) is 59.3 Å². The van der Waals surface area contributed by atoms with Crippen LogP contribution in [0.15, 0.2) is 49.1 Å². The number of fused-ring (bicyclic) bond motifs is 4. The summed E-state index contributed by atoms with van der Waals surface area (Å²) < 4.78 is 23.7. The monoisotopic (exact) mass is 564 g/mol. The average molecular weight is 565 g/mol. The van der Waals surface area contributed by atoms with E-state index in [0.717, 1.165) is 58.1 Å². The van der Waals surface area contributed by atoms with Crippen molar-refractivity contribution in [2.45, 2.75) is 6.61 Å². The van der Waals surface area contributed by atoms with Crippen molar-refractivity contribution in [2.75, 3.05) is 28.4 Å². The highest BCUT2D eigenvalue weighted by Crippen LogP contribution is 2.47. The van der Waals surface area contributed by atoms with Crippen molar-refractivity contribution in [2.24, 2.45) is 0 Å². The molecular weight excluding hydrogens is 540 g/mol. The van der Waals surface area contributed by atoms with Gasteiger partial charge in [-0.1, -0.05) is 0 Å². The van der Waals surface area contributed by atoms with Gasteiger partial charge in [0.05, 0.1) is 44.4 Å². The summed E-state index contributed by atoms with van der Waals surface area (Å²) >= 11 is 2.69. The van der Waals surface area contributed by atoms with Crippen LogP contribution in [0.25, 0.3) is 41.7 Å². The number of aromatic carboxylic acids is 1. The van der Waals surface area contributed by atoms with Crippen LogP contribution in [0.4, 0.5) is 0 Å². The number of aromatic nitrogens is 2. The van der Waals surface area contributed by atoms with Gasteiger partial charge in [-0.15, -0.1) is 22.7 Å². The molecule has 6 aromatic rings. The molecule has 4 heterocycles. The number of aliphatic hydroxyl groups excluding tert-OH is 1. The molecule has 2 N–H and O–H groups in total. The van der Waals surface area contributed by atoms with Gasteiger partial charge in [0.25, 0.3) is 0 Å². The standard InChI is InChI=1S/C14H11NO4S.C14H13NO3S/c1-18-11-8-5-10(14(16)17)20-13(8)12(19-2)7-3-4-15-6-9(7)11;1-17-12-10-5-8(7-16)19-14(10)13(18-2)9-3-4-15-6-11(9)12/h3-6H,1-2H3,(H,16,17);3-6,16H,7H2,1-2H3. The summed E-state index contributed by atoms with van der Waals surface area (Å²) in [5.74, 6) is 1.88. The van der Waals surface area contributed by atoms with E-state index in [9.17, 15) is 9.90 Å². The lowest BCUT2D eigenvalue weighted by atomic mass is 10.1. The maximum atomic E-state index is 11.2. The highest BCUT2D eigenvalue weighted by Gasteiger charge is 2.20. The molecule has 0 amide bonds. The lowest BCUT2D eigenvalue weighted by Crippen LogP contribution is -1.91. The minimum absolute atomic E-state index is 0.0141. The van der Waals surface area contributed by atoms with E-state index in [-0.39, 0.29) is 11.5 Å². The van der Waals surface area contributed by atoms with Gasteiger partial charge >= 0.3 is 5.97 Å². The molecule has 0 unspecified atom stereocenters. The van der Waals surface area contributed by atoms with E-state index in [0.29, 0.717) is 11.5 Å². The smallest absolute Gasteiger partial charge is 0.345 e. The fourth-order valence-corrected chi connectivity index (χ4v) is 6.70. The fraction of sp³-hybridized carbons (Fsp3) is 0.179. The predicted molar refractivity (Wildman–Crippen MR) is 153 cm³/mol. The van der Waals surface area contributed by atoms with Gasteiger partial charge in [0.2, 0.25) is 0 Å². The molecule has 0 aliphatic heterocycles. The number of rotatable bonds is 6. The van der Waals surface area contributed by atoms with Crippen molar-refractivity contribution in [1.82, 2.24) is 9.97 Å². The number of aliphatic hydroxyl groups is 1. The van der Waals surface area contributed by atoms with E-state index in [4.69, 9.17) is 24.1 Å². The Labute approximate surface area is 230 Å². The zero-order valence-corrected chi connectivity index (χ0v) is 23.1. The Morgan fingerprint density at radius 2 is 1.21 bits per heavy atom. The zero-order chi connectivity index (χ0) is 27.7. The first-order valence-electron chi connectivity index (χ1n) is 11.6. The van der Waals surface area contributed by atoms with Crippen molar-refractivity contribution in [3.05, 3.63) is 58.8 Å². The van der Waals surface area contributed by atoms with Gasteiger partial charge in [-0.2, -0.15) is 0 Å². The normalized spacial score (nSPS) is 11.0. The first kappa shape index (κ1) is 26.4. The van der Waals surface area contributed by atoms with Crippen LogP contribution >= 0.6 is 22.7 Å². The molecule has 9 nitrogen and oxygen atoms in total. The Morgan fingerprint density at radius 3 is 1.67 bits per heavy atom. The van der Waals surface area contributed by atoms with Crippen molar-refractivity contribution < 1.29 is 34.0 Å². The number of ether oxygens (including phenoxy) is 4. The lowest BCUT2D eigenvalue weighted by molar-refractivity contribution is 0.0702. The van der Waals surface area contributed by atoms with Crippen molar-refractivity contribution in [3.63, 3.8) is 0 Å². The lowest BCUT2D eigenvalue weighted by Gasteiger charge is -2.11. The molecular formula is C28H24N2O7S2. The molecule has 0 fully saturated rings. The SMILES string of the molecule is COc1c2cnccc2c(OC)c2sc(C(=O)O)cc12.COc1c2cnccc2c(OC)c2sc(CO)cc12. The van der Waals surface area contributed by atoms with Crippen LogP contribution in [-0.4, -0.2) is 54.6 Å². The maximum absolute atomic E-state index is 11.2. The summed E-state index contributed by atoms with van der Waals surface area (Å²) in [6, 6.07) is 7.29. The van der Waals surface area contributed by atoms with E-state index < -0.39 is 5.97 Å². The predicted octanol–water partition coefficient (Wildman–Crippen LogP) is 6.12. The summed E-state index contributed by atoms with van der Waals surface area (Å²) in [7, 11) is 6.43. The Bertz CT molecular complexity index is 1720. The third kappa shape index (κ3) is 4.44. The van der Waals surface area contributed by atoms with Crippen molar-refractivity contribution in [1.29, 1.82) is 0 Å². The highest BCUT2D eigenvalue weighted by atomic mass is 32.1. The summed E-state index contributed by atoms with van der Waals surface area (Å²) in [6.07, 6.45) is 6.86. The molecule has 0 radical (unpaired) electrons. The summed E-state index contributed by atoms with van der Waals surface area (Å²) in [5.41, 5.74) is 0. The summed E-state index contributed by atoms with van der Waals surface area (Å²) in [6.45, 7) is 0.0141. The van der Waals surface area contributed by atoms with Gasteiger partial charge in [-0.05, 0) is 24.3 Å². The third-order valence-electron chi connectivity index (χ3n) is 6.22. The van der Waals surface area contributed by atoms with E-state index in [1.165, 1.54) is 22.7 Å². The molecule has 0 saturated carbocycles. The van der Waals surface area contributed by atoms with Crippen LogP contribution in [0, 0.1) is 0 Å². The van der Waals surface area contributed by atoms with Crippen LogP contribution in [0.5, 0.6) is 23.0 Å². The van der Waals surface area contributed by atoms with Crippen molar-refractivity contribution in [3.8, 4) is 23.0 Å². The van der Waals surface area contributed by atoms with E-state index in [2.05, 4.69) is 9.97 Å². The molecule has 4 aromatic heterocycles. The minimum atomic E-state index is -0.961. The Hall–Kier alpha value is -4.19. The van der Waals surface area contributed by atoms with Crippen LogP contribution < -0.4 is 18.9 Å². The molecule has 39 heavy (non-hydrogen) atoms. The van der Waals surface area contributed by atoms with Gasteiger partial charge < -0.3 is 29.2 Å². The second-order valence-electron chi connectivity index (χ2n) is 8.25. The fourth-order valence-electron chi connectivity index (χ4n) is 4.62. The molecule has 200 valence electrons. The molecule has 11 heteroatoms. The summed E-state index contributed by atoms with van der Waals surface area (Å²) in [5, 5.41) is 23.7. The molecule has 0 bridgehead atoms. The second-order valence-corrected chi connectivity index (χ2v) is 10.4. The van der Waals surface area contributed by atoms with Gasteiger partial charge in [0, 0.05) is 62.0 Å². The number of thiophene rings is 2. The van der Waals surface area contributed by atoms with Crippen LogP contribution in [-0.2, 0) is 6.61 Å². The minimum Gasteiger partial charge on any atom is -0.495 e. The Morgan fingerprint density at radius 1 is 0.718 bits per heavy atom. The number of carboxylic acids is 1. The number of hydrogen-bond donors (Lipinski definition) is 2. The largest absolute Gasteiger partial charge is 0.495 e. The number of nitrogens with zero attached hydrogens (tertiary/aromatic N) is 2. The first-order chi connectivity index (χ1) is 19.0. The number of carbonyl (C=O) groups is 1. The highest BCUT2D eigenvalue weighted by molar-refractivity contribution is 7.21. The number of hydrogen-bond acceptors (Lipinski definition) is 10. The molecule has 0 saturated heterocycles.